The molecule has 2 aliphatic heterocycles. The van der Waals surface area contributed by atoms with E-state index in [-0.39, 0.29) is 17.9 Å². The second kappa shape index (κ2) is 8.86. The van der Waals surface area contributed by atoms with E-state index in [1.807, 2.05) is 0 Å². The summed E-state index contributed by atoms with van der Waals surface area (Å²) in [4.78, 5) is 21.8. The number of hydrogen-bond acceptors (Lipinski definition) is 4. The van der Waals surface area contributed by atoms with Crippen LogP contribution in [-0.2, 0) is 16.1 Å². The maximum absolute atomic E-state index is 12.0. The number of thiophene rings is 1. The van der Waals surface area contributed by atoms with Crippen LogP contribution in [-0.4, -0.2) is 68.6 Å². The highest BCUT2D eigenvalue weighted by Gasteiger charge is 2.38. The lowest BCUT2D eigenvalue weighted by Gasteiger charge is -2.45. The van der Waals surface area contributed by atoms with Crippen molar-refractivity contribution in [3.8, 4) is 0 Å². The molecule has 3 rings (SSSR count). The Hall–Kier alpha value is -1.60. The van der Waals surface area contributed by atoms with Crippen LogP contribution in [0.3, 0.4) is 0 Å². The largest absolute Gasteiger partial charge is 0.381 e. The first kappa shape index (κ1) is 19.2. The number of carbonyl (C=O) groups is 1. The van der Waals surface area contributed by atoms with E-state index in [9.17, 15) is 4.79 Å². The van der Waals surface area contributed by atoms with Crippen LogP contribution in [0.25, 0.3) is 0 Å². The Morgan fingerprint density at radius 3 is 2.96 bits per heavy atom. The molecular formula is C19H30N4O2S. The molecule has 7 heteroatoms. The number of ether oxygens (including phenoxy) is 1. The zero-order valence-corrected chi connectivity index (χ0v) is 16.7. The van der Waals surface area contributed by atoms with E-state index in [0.717, 1.165) is 51.6 Å². The first-order chi connectivity index (χ1) is 12.6. The Morgan fingerprint density at radius 1 is 1.42 bits per heavy atom. The number of guanidine groups is 1. The van der Waals surface area contributed by atoms with E-state index < -0.39 is 0 Å². The number of hydrogen-bond donors (Lipinski definition) is 1. The van der Waals surface area contributed by atoms with Gasteiger partial charge < -0.3 is 19.9 Å². The van der Waals surface area contributed by atoms with Gasteiger partial charge in [-0.15, -0.1) is 11.3 Å². The number of carbonyl (C=O) groups excluding carboxylic acids is 1. The van der Waals surface area contributed by atoms with Crippen LogP contribution in [0.5, 0.6) is 0 Å². The molecule has 0 bridgehead atoms. The van der Waals surface area contributed by atoms with Crippen molar-refractivity contribution < 1.29 is 9.53 Å². The van der Waals surface area contributed by atoms with Crippen LogP contribution in [0.15, 0.2) is 22.5 Å². The molecule has 1 N–H and O–H groups in total. The quantitative estimate of drug-likeness (QED) is 0.644. The van der Waals surface area contributed by atoms with E-state index in [4.69, 9.17) is 4.74 Å². The van der Waals surface area contributed by atoms with Gasteiger partial charge in [0.1, 0.15) is 6.54 Å². The minimum atomic E-state index is 0.0214. The molecule has 0 aliphatic carbocycles. The standard InChI is InChI=1S/C19H30N4O2S/c1-22(2)17(24)13-21-18(20-12-16-6-3-11-26-16)23-9-4-7-19(14-23)8-5-10-25-15-19/h3,6,11H,4-5,7-10,12-15H2,1-2H3,(H,20,21). The van der Waals surface area contributed by atoms with Crippen molar-refractivity contribution >= 4 is 23.2 Å². The predicted molar refractivity (Wildman–Crippen MR) is 105 cm³/mol. The average Bonchev–Trinajstić information content (AvgIpc) is 3.15. The van der Waals surface area contributed by atoms with Crippen LogP contribution < -0.4 is 5.32 Å². The molecule has 1 aromatic heterocycles. The lowest BCUT2D eigenvalue weighted by atomic mass is 9.76. The van der Waals surface area contributed by atoms with Gasteiger partial charge in [0, 0.05) is 44.1 Å². The summed E-state index contributed by atoms with van der Waals surface area (Å²) in [6.07, 6.45) is 4.73. The number of amides is 1. The number of likely N-dealkylation sites (N-methyl/N-ethyl adjacent to an activating group) is 1. The molecule has 26 heavy (non-hydrogen) atoms. The summed E-state index contributed by atoms with van der Waals surface area (Å²) in [6, 6.07) is 4.18. The topological polar surface area (TPSA) is 57.2 Å². The van der Waals surface area contributed by atoms with Gasteiger partial charge in [-0.3, -0.25) is 4.79 Å². The lowest BCUT2D eigenvalue weighted by molar-refractivity contribution is -0.127. The van der Waals surface area contributed by atoms with Gasteiger partial charge in [-0.2, -0.15) is 0 Å². The van der Waals surface area contributed by atoms with Crippen molar-refractivity contribution in [3.63, 3.8) is 0 Å². The molecule has 0 aromatic carbocycles. The number of likely N-dealkylation sites (tertiary alicyclic amines) is 1. The highest BCUT2D eigenvalue weighted by atomic mass is 32.1. The highest BCUT2D eigenvalue weighted by Crippen LogP contribution is 2.37. The van der Waals surface area contributed by atoms with Gasteiger partial charge in [-0.25, -0.2) is 4.99 Å². The maximum Gasteiger partial charge on any atom is 0.243 e. The molecule has 2 fully saturated rings. The third-order valence-corrected chi connectivity index (χ3v) is 6.11. The lowest BCUT2D eigenvalue weighted by Crippen LogP contribution is -2.53. The Labute approximate surface area is 160 Å². The van der Waals surface area contributed by atoms with Crippen molar-refractivity contribution in [2.75, 3.05) is 46.9 Å². The van der Waals surface area contributed by atoms with Crippen LogP contribution in [0.2, 0.25) is 0 Å². The van der Waals surface area contributed by atoms with Crippen molar-refractivity contribution in [1.29, 1.82) is 0 Å². The fourth-order valence-electron chi connectivity index (χ4n) is 3.75. The van der Waals surface area contributed by atoms with E-state index >= 15 is 0 Å². The second-order valence-electron chi connectivity index (χ2n) is 7.54. The SMILES string of the molecule is CN(C)C(=O)CN=C(NCc1cccs1)N1CCCC2(CCCOC2)C1. The van der Waals surface area contributed by atoms with Gasteiger partial charge in [0.15, 0.2) is 5.96 Å². The summed E-state index contributed by atoms with van der Waals surface area (Å²) < 4.78 is 5.79. The summed E-state index contributed by atoms with van der Waals surface area (Å²) in [7, 11) is 3.54. The molecule has 1 unspecified atom stereocenters. The number of aliphatic imine (C=N–C) groups is 1. The fourth-order valence-corrected chi connectivity index (χ4v) is 4.40. The maximum atomic E-state index is 12.0. The van der Waals surface area contributed by atoms with Gasteiger partial charge in [-0.1, -0.05) is 6.07 Å². The van der Waals surface area contributed by atoms with Crippen LogP contribution >= 0.6 is 11.3 Å². The molecule has 1 atom stereocenters. The molecule has 0 saturated carbocycles. The Kier molecular flexibility index (Phi) is 6.53. The van der Waals surface area contributed by atoms with E-state index in [1.54, 1.807) is 30.3 Å². The molecule has 1 spiro atoms. The smallest absolute Gasteiger partial charge is 0.243 e. The Balaban J connectivity index is 1.70. The van der Waals surface area contributed by atoms with Crippen LogP contribution in [0.1, 0.15) is 30.6 Å². The normalized spacial score (nSPS) is 23.9. The Bertz CT molecular complexity index is 604. The van der Waals surface area contributed by atoms with Crippen molar-refractivity contribution in [2.45, 2.75) is 32.2 Å². The molecule has 6 nitrogen and oxygen atoms in total. The minimum absolute atomic E-state index is 0.0214. The van der Waals surface area contributed by atoms with Gasteiger partial charge in [0.2, 0.25) is 5.91 Å². The van der Waals surface area contributed by atoms with Crippen molar-refractivity contribution in [3.05, 3.63) is 22.4 Å². The summed E-state index contributed by atoms with van der Waals surface area (Å²) in [5, 5.41) is 5.56. The number of nitrogens with one attached hydrogen (secondary N) is 1. The van der Waals surface area contributed by atoms with Gasteiger partial charge in [-0.05, 0) is 37.1 Å². The summed E-state index contributed by atoms with van der Waals surface area (Å²) in [5.74, 6) is 0.867. The van der Waals surface area contributed by atoms with Crippen LogP contribution in [0.4, 0.5) is 0 Å². The molecule has 0 radical (unpaired) electrons. The van der Waals surface area contributed by atoms with Gasteiger partial charge in [0.25, 0.3) is 0 Å². The number of nitrogens with zero attached hydrogens (tertiary/aromatic N) is 3. The van der Waals surface area contributed by atoms with Crippen molar-refractivity contribution in [2.24, 2.45) is 10.4 Å². The highest BCUT2D eigenvalue weighted by molar-refractivity contribution is 7.09. The first-order valence-electron chi connectivity index (χ1n) is 9.42. The summed E-state index contributed by atoms with van der Waals surface area (Å²) >= 11 is 1.73. The molecule has 144 valence electrons. The number of rotatable bonds is 4. The Morgan fingerprint density at radius 2 is 2.27 bits per heavy atom. The van der Waals surface area contributed by atoms with Gasteiger partial charge in [0.05, 0.1) is 13.2 Å². The van der Waals surface area contributed by atoms with Crippen molar-refractivity contribution in [1.82, 2.24) is 15.1 Å². The van der Waals surface area contributed by atoms with E-state index in [1.165, 1.54) is 17.7 Å². The van der Waals surface area contributed by atoms with Crippen LogP contribution in [0, 0.1) is 5.41 Å². The minimum Gasteiger partial charge on any atom is -0.381 e. The number of piperidine rings is 1. The van der Waals surface area contributed by atoms with E-state index in [2.05, 4.69) is 32.7 Å². The monoisotopic (exact) mass is 378 g/mol. The third-order valence-electron chi connectivity index (χ3n) is 5.23. The fraction of sp³-hybridized carbons (Fsp3) is 0.684. The molecule has 1 aromatic rings. The molecule has 2 aliphatic rings. The molecule has 3 heterocycles. The molecule has 2 saturated heterocycles. The summed E-state index contributed by atoms with van der Waals surface area (Å²) in [6.45, 7) is 4.59. The van der Waals surface area contributed by atoms with E-state index in [0.29, 0.717) is 0 Å². The predicted octanol–water partition coefficient (Wildman–Crippen LogP) is 2.17. The zero-order chi connectivity index (χ0) is 18.4. The average molecular weight is 379 g/mol. The zero-order valence-electron chi connectivity index (χ0n) is 15.9. The first-order valence-corrected chi connectivity index (χ1v) is 10.3. The molecular weight excluding hydrogens is 348 g/mol. The van der Waals surface area contributed by atoms with Gasteiger partial charge >= 0.3 is 0 Å². The third kappa shape index (κ3) is 4.98. The molecule has 1 amide bonds. The summed E-state index contributed by atoms with van der Waals surface area (Å²) in [5.41, 5.74) is 0.243. The second-order valence-corrected chi connectivity index (χ2v) is 8.57.